The molecule has 2 heterocycles. The summed E-state index contributed by atoms with van der Waals surface area (Å²) in [7, 11) is 5.92. The minimum absolute atomic E-state index is 0. The van der Waals surface area contributed by atoms with Crippen LogP contribution in [0.4, 0.5) is 0 Å². The Labute approximate surface area is 173 Å². The van der Waals surface area contributed by atoms with Crippen molar-refractivity contribution < 1.29 is 0 Å². The van der Waals surface area contributed by atoms with Gasteiger partial charge in [0.25, 0.3) is 0 Å². The molecule has 0 bridgehead atoms. The molecule has 2 rings (SSSR count). The lowest BCUT2D eigenvalue weighted by Gasteiger charge is -2.22. The zero-order valence-electron chi connectivity index (χ0n) is 14.5. The molecule has 2 aromatic rings. The average Bonchev–Trinajstić information content (AvgIpc) is 3.10. The van der Waals surface area contributed by atoms with E-state index in [0.29, 0.717) is 0 Å². The van der Waals surface area contributed by atoms with E-state index >= 15 is 0 Å². The van der Waals surface area contributed by atoms with E-state index in [4.69, 9.17) is 0 Å². The number of hydrogen-bond donors (Lipinski definition) is 1. The van der Waals surface area contributed by atoms with E-state index in [1.54, 1.807) is 11.3 Å². The monoisotopic (exact) mass is 525 g/mol. The predicted octanol–water partition coefficient (Wildman–Crippen LogP) is 3.67. The molecule has 0 spiro atoms. The van der Waals surface area contributed by atoms with Crippen LogP contribution in [-0.4, -0.2) is 41.1 Å². The number of rotatable bonds is 6. The number of nitrogens with zero attached hydrogens (tertiary/aromatic N) is 4. The first kappa shape index (κ1) is 21.4. The van der Waals surface area contributed by atoms with E-state index in [1.807, 2.05) is 14.1 Å². The fourth-order valence-electron chi connectivity index (χ4n) is 2.35. The maximum absolute atomic E-state index is 4.59. The molecule has 0 aliphatic rings. The lowest BCUT2D eigenvalue weighted by molar-refractivity contribution is 0.462. The number of aromatic nitrogens is 2. The Hall–Kier alpha value is -0.610. The van der Waals surface area contributed by atoms with Crippen LogP contribution in [0.2, 0.25) is 0 Å². The quantitative estimate of drug-likeness (QED) is 0.355. The maximum atomic E-state index is 4.59. The summed E-state index contributed by atoms with van der Waals surface area (Å²) >= 11 is 5.25. The fourth-order valence-corrected chi connectivity index (χ4v) is 3.71. The van der Waals surface area contributed by atoms with E-state index in [2.05, 4.69) is 72.3 Å². The first-order chi connectivity index (χ1) is 11.0. The summed E-state index contributed by atoms with van der Waals surface area (Å²) in [5, 5.41) is 6.76. The van der Waals surface area contributed by atoms with Crippen molar-refractivity contribution in [2.75, 3.05) is 20.6 Å². The predicted molar refractivity (Wildman–Crippen MR) is 117 cm³/mol. The van der Waals surface area contributed by atoms with Crippen LogP contribution in [0, 0.1) is 0 Å². The Morgan fingerprint density at radius 3 is 2.79 bits per heavy atom. The lowest BCUT2D eigenvalue weighted by atomic mass is 10.3. The van der Waals surface area contributed by atoms with E-state index in [1.165, 1.54) is 10.7 Å². The van der Waals surface area contributed by atoms with Crippen LogP contribution in [0.25, 0.3) is 0 Å². The number of thiazole rings is 1. The van der Waals surface area contributed by atoms with Crippen LogP contribution in [0.1, 0.15) is 23.3 Å². The molecule has 0 atom stereocenters. The summed E-state index contributed by atoms with van der Waals surface area (Å²) in [4.78, 5) is 11.1. The van der Waals surface area contributed by atoms with Crippen molar-refractivity contribution in [3.63, 3.8) is 0 Å². The van der Waals surface area contributed by atoms with Gasteiger partial charge in [-0.3, -0.25) is 4.99 Å². The number of halogens is 2. The van der Waals surface area contributed by atoms with Gasteiger partial charge >= 0.3 is 0 Å². The molecule has 134 valence electrons. The highest BCUT2D eigenvalue weighted by Gasteiger charge is 2.09. The summed E-state index contributed by atoms with van der Waals surface area (Å²) in [5.41, 5.74) is 2.39. The van der Waals surface area contributed by atoms with Crippen molar-refractivity contribution in [3.8, 4) is 0 Å². The van der Waals surface area contributed by atoms with Crippen molar-refractivity contribution >= 4 is 57.2 Å². The van der Waals surface area contributed by atoms with Crippen molar-refractivity contribution in [1.82, 2.24) is 19.8 Å². The van der Waals surface area contributed by atoms with Crippen LogP contribution in [0.15, 0.2) is 27.1 Å². The van der Waals surface area contributed by atoms with Gasteiger partial charge < -0.3 is 14.8 Å². The molecule has 5 nitrogen and oxygen atoms in total. The SMILES string of the molecule is CCc1nc(CCNC(=NC)N(C)Cc2cc(Br)cn2C)cs1.I. The largest absolute Gasteiger partial charge is 0.356 e. The first-order valence-electron chi connectivity index (χ1n) is 7.69. The molecule has 0 aliphatic carbocycles. The van der Waals surface area contributed by atoms with Crippen molar-refractivity contribution in [2.45, 2.75) is 26.3 Å². The zero-order chi connectivity index (χ0) is 16.8. The molecule has 0 saturated carbocycles. The second-order valence-corrected chi connectivity index (χ2v) is 7.29. The Morgan fingerprint density at radius 1 is 1.50 bits per heavy atom. The van der Waals surface area contributed by atoms with Gasteiger partial charge in [-0.05, 0) is 28.4 Å². The van der Waals surface area contributed by atoms with Gasteiger partial charge in [0.2, 0.25) is 0 Å². The van der Waals surface area contributed by atoms with Gasteiger partial charge in [-0.25, -0.2) is 4.98 Å². The van der Waals surface area contributed by atoms with Crippen molar-refractivity contribution in [3.05, 3.63) is 38.5 Å². The lowest BCUT2D eigenvalue weighted by Crippen LogP contribution is -2.39. The third kappa shape index (κ3) is 6.03. The Balaban J connectivity index is 0.00000288. The van der Waals surface area contributed by atoms with Gasteiger partial charge in [-0.1, -0.05) is 6.92 Å². The highest BCUT2D eigenvalue weighted by Crippen LogP contribution is 2.15. The summed E-state index contributed by atoms with van der Waals surface area (Å²) in [6.07, 6.45) is 3.99. The summed E-state index contributed by atoms with van der Waals surface area (Å²) in [6, 6.07) is 2.13. The van der Waals surface area contributed by atoms with E-state index in [0.717, 1.165) is 42.1 Å². The third-order valence-electron chi connectivity index (χ3n) is 3.61. The molecule has 24 heavy (non-hydrogen) atoms. The highest BCUT2D eigenvalue weighted by atomic mass is 127. The molecule has 0 saturated heterocycles. The van der Waals surface area contributed by atoms with Gasteiger partial charge in [0.05, 0.1) is 17.2 Å². The fraction of sp³-hybridized carbons (Fsp3) is 0.500. The number of guanidine groups is 1. The smallest absolute Gasteiger partial charge is 0.193 e. The molecule has 0 aliphatic heterocycles. The van der Waals surface area contributed by atoms with Crippen LogP contribution in [0.3, 0.4) is 0 Å². The number of aryl methyl sites for hydroxylation is 2. The molecular formula is C16H25BrIN5S. The van der Waals surface area contributed by atoms with E-state index < -0.39 is 0 Å². The Bertz CT molecular complexity index is 667. The summed E-state index contributed by atoms with van der Waals surface area (Å²) in [6.45, 7) is 3.78. The third-order valence-corrected chi connectivity index (χ3v) is 5.09. The normalized spacial score (nSPS) is 11.3. The molecule has 1 N–H and O–H groups in total. The van der Waals surface area contributed by atoms with Gasteiger partial charge in [-0.15, -0.1) is 35.3 Å². The van der Waals surface area contributed by atoms with Crippen LogP contribution < -0.4 is 5.32 Å². The van der Waals surface area contributed by atoms with Gasteiger partial charge in [0, 0.05) is 55.9 Å². The van der Waals surface area contributed by atoms with E-state index in [-0.39, 0.29) is 24.0 Å². The standard InChI is InChI=1S/C16H24BrN5S.HI/c1-5-15-20-13(11-23-15)6-7-19-16(18-2)22(4)10-14-8-12(17)9-21(14)3;/h8-9,11H,5-7,10H2,1-4H3,(H,18,19);1H. The van der Waals surface area contributed by atoms with Crippen LogP contribution in [-0.2, 0) is 26.4 Å². The second-order valence-electron chi connectivity index (χ2n) is 5.43. The number of nitrogens with one attached hydrogen (secondary N) is 1. The highest BCUT2D eigenvalue weighted by molar-refractivity contribution is 14.0. The minimum Gasteiger partial charge on any atom is -0.356 e. The Kier molecular flexibility index (Phi) is 9.28. The molecule has 0 fully saturated rings. The Morgan fingerprint density at radius 2 is 2.25 bits per heavy atom. The molecular weight excluding hydrogens is 501 g/mol. The number of hydrogen-bond acceptors (Lipinski definition) is 3. The molecule has 0 unspecified atom stereocenters. The van der Waals surface area contributed by atoms with E-state index in [9.17, 15) is 0 Å². The minimum atomic E-state index is 0. The van der Waals surface area contributed by atoms with Crippen molar-refractivity contribution in [2.24, 2.45) is 12.0 Å². The van der Waals surface area contributed by atoms with Crippen LogP contribution >= 0.6 is 51.2 Å². The topological polar surface area (TPSA) is 45.5 Å². The average molecular weight is 526 g/mol. The summed E-state index contributed by atoms with van der Waals surface area (Å²) < 4.78 is 3.22. The van der Waals surface area contributed by atoms with Gasteiger partial charge in [-0.2, -0.15) is 0 Å². The molecule has 2 aromatic heterocycles. The first-order valence-corrected chi connectivity index (χ1v) is 9.36. The zero-order valence-corrected chi connectivity index (χ0v) is 19.3. The number of aliphatic imine (C=N–C) groups is 1. The van der Waals surface area contributed by atoms with Crippen LogP contribution in [0.5, 0.6) is 0 Å². The van der Waals surface area contributed by atoms with Gasteiger partial charge in [0.1, 0.15) is 0 Å². The molecule has 8 heteroatoms. The molecule has 0 aromatic carbocycles. The maximum Gasteiger partial charge on any atom is 0.193 e. The second kappa shape index (κ2) is 10.4. The van der Waals surface area contributed by atoms with Gasteiger partial charge in [0.15, 0.2) is 5.96 Å². The molecule has 0 radical (unpaired) electrons. The summed E-state index contributed by atoms with van der Waals surface area (Å²) in [5.74, 6) is 0.897. The van der Waals surface area contributed by atoms with Crippen molar-refractivity contribution in [1.29, 1.82) is 0 Å². The molecule has 0 amide bonds.